The number of anilines is 2. The Morgan fingerprint density at radius 3 is 2.89 bits per heavy atom. The van der Waals surface area contributed by atoms with Crippen molar-refractivity contribution in [1.29, 1.82) is 0 Å². The lowest BCUT2D eigenvalue weighted by molar-refractivity contribution is 0.298. The van der Waals surface area contributed by atoms with E-state index in [9.17, 15) is 4.79 Å². The molecule has 1 aromatic heterocycles. The maximum atomic E-state index is 11.9. The number of aromatic nitrogens is 2. The molecule has 0 aliphatic carbocycles. The Bertz CT molecular complexity index is 640. The Balaban J connectivity index is 2.29. The number of hydrogen-bond acceptors (Lipinski definition) is 4. The molecule has 2 aromatic rings. The first-order valence-electron chi connectivity index (χ1n) is 5.83. The standard InChI is InChI=1S/C13H14BrN3O2/c1-8-11(5-6-18)12(19)17-13(15-8)16-10-4-2-3-9(14)7-10/h2-4,7,18H,5-6H2,1H3,(H2,15,16,17,19). The zero-order chi connectivity index (χ0) is 13.8. The summed E-state index contributed by atoms with van der Waals surface area (Å²) >= 11 is 3.38. The molecule has 3 N–H and O–H groups in total. The van der Waals surface area contributed by atoms with Crippen LogP contribution in [-0.2, 0) is 6.42 Å². The van der Waals surface area contributed by atoms with Gasteiger partial charge in [-0.1, -0.05) is 22.0 Å². The molecule has 1 heterocycles. The van der Waals surface area contributed by atoms with Gasteiger partial charge in [0.1, 0.15) is 0 Å². The maximum Gasteiger partial charge on any atom is 0.255 e. The average molecular weight is 324 g/mol. The molecule has 5 nitrogen and oxygen atoms in total. The summed E-state index contributed by atoms with van der Waals surface area (Å²) in [5.41, 5.74) is 1.74. The van der Waals surface area contributed by atoms with Crippen LogP contribution < -0.4 is 10.9 Å². The van der Waals surface area contributed by atoms with Crippen LogP contribution >= 0.6 is 15.9 Å². The van der Waals surface area contributed by atoms with E-state index in [-0.39, 0.29) is 12.2 Å². The van der Waals surface area contributed by atoms with Crippen LogP contribution in [0.1, 0.15) is 11.3 Å². The largest absolute Gasteiger partial charge is 0.396 e. The Kier molecular flexibility index (Phi) is 4.34. The number of nitrogens with zero attached hydrogens (tertiary/aromatic N) is 1. The summed E-state index contributed by atoms with van der Waals surface area (Å²) in [6.45, 7) is 1.69. The third-order valence-electron chi connectivity index (χ3n) is 2.67. The van der Waals surface area contributed by atoms with E-state index in [0.717, 1.165) is 10.2 Å². The van der Waals surface area contributed by atoms with Crippen molar-refractivity contribution in [3.63, 3.8) is 0 Å². The Morgan fingerprint density at radius 2 is 2.26 bits per heavy atom. The molecule has 0 amide bonds. The third-order valence-corrected chi connectivity index (χ3v) is 3.16. The quantitative estimate of drug-likeness (QED) is 0.805. The van der Waals surface area contributed by atoms with Gasteiger partial charge in [-0.2, -0.15) is 0 Å². The van der Waals surface area contributed by atoms with Crippen LogP contribution in [0.2, 0.25) is 0 Å². The summed E-state index contributed by atoms with van der Waals surface area (Å²) in [6, 6.07) is 7.56. The minimum atomic E-state index is -0.223. The van der Waals surface area contributed by atoms with Gasteiger partial charge >= 0.3 is 0 Å². The highest BCUT2D eigenvalue weighted by molar-refractivity contribution is 9.10. The summed E-state index contributed by atoms with van der Waals surface area (Å²) in [4.78, 5) is 18.8. The Hall–Kier alpha value is -1.66. The van der Waals surface area contributed by atoms with E-state index >= 15 is 0 Å². The van der Waals surface area contributed by atoms with Gasteiger partial charge < -0.3 is 10.4 Å². The number of aliphatic hydroxyl groups is 1. The predicted molar refractivity (Wildman–Crippen MR) is 77.8 cm³/mol. The molecule has 6 heteroatoms. The van der Waals surface area contributed by atoms with Gasteiger partial charge in [-0.3, -0.25) is 9.78 Å². The first kappa shape index (κ1) is 13.8. The third kappa shape index (κ3) is 3.42. The van der Waals surface area contributed by atoms with Crippen molar-refractivity contribution < 1.29 is 5.11 Å². The van der Waals surface area contributed by atoms with Crippen LogP contribution in [0.25, 0.3) is 0 Å². The lowest BCUT2D eigenvalue weighted by Crippen LogP contribution is -2.19. The van der Waals surface area contributed by atoms with Crippen molar-refractivity contribution >= 4 is 27.6 Å². The molecule has 2 rings (SSSR count). The van der Waals surface area contributed by atoms with Gasteiger partial charge in [-0.15, -0.1) is 0 Å². The van der Waals surface area contributed by atoms with E-state index in [0.29, 0.717) is 23.6 Å². The molecule has 0 saturated heterocycles. The fourth-order valence-corrected chi connectivity index (χ4v) is 2.18. The highest BCUT2D eigenvalue weighted by atomic mass is 79.9. The number of halogens is 1. The molecule has 0 aliphatic heterocycles. The first-order chi connectivity index (χ1) is 9.10. The normalized spacial score (nSPS) is 10.5. The number of nitrogens with one attached hydrogen (secondary N) is 2. The zero-order valence-electron chi connectivity index (χ0n) is 10.4. The van der Waals surface area contributed by atoms with E-state index in [1.807, 2.05) is 24.3 Å². The van der Waals surface area contributed by atoms with Crippen molar-refractivity contribution in [2.75, 3.05) is 11.9 Å². The van der Waals surface area contributed by atoms with Crippen molar-refractivity contribution in [3.05, 3.63) is 50.3 Å². The molecule has 0 saturated carbocycles. The van der Waals surface area contributed by atoms with Crippen LogP contribution in [0.3, 0.4) is 0 Å². The summed E-state index contributed by atoms with van der Waals surface area (Å²) in [6.07, 6.45) is 0.311. The lowest BCUT2D eigenvalue weighted by Gasteiger charge is -2.08. The zero-order valence-corrected chi connectivity index (χ0v) is 12.0. The lowest BCUT2D eigenvalue weighted by atomic mass is 10.2. The number of benzene rings is 1. The van der Waals surface area contributed by atoms with Gasteiger partial charge in [0.05, 0.1) is 5.69 Å². The van der Waals surface area contributed by atoms with Crippen LogP contribution in [-0.4, -0.2) is 21.7 Å². The number of aryl methyl sites for hydroxylation is 1. The Morgan fingerprint density at radius 1 is 1.47 bits per heavy atom. The fourth-order valence-electron chi connectivity index (χ4n) is 1.78. The van der Waals surface area contributed by atoms with Crippen molar-refractivity contribution in [2.24, 2.45) is 0 Å². The topological polar surface area (TPSA) is 78.0 Å². The molecule has 0 atom stereocenters. The van der Waals surface area contributed by atoms with Crippen molar-refractivity contribution in [1.82, 2.24) is 9.97 Å². The van der Waals surface area contributed by atoms with Gasteiger partial charge in [-0.05, 0) is 25.1 Å². The smallest absolute Gasteiger partial charge is 0.255 e. The highest BCUT2D eigenvalue weighted by Gasteiger charge is 2.07. The van der Waals surface area contributed by atoms with Crippen LogP contribution in [0, 0.1) is 6.92 Å². The van der Waals surface area contributed by atoms with Crippen LogP contribution in [0.5, 0.6) is 0 Å². The van der Waals surface area contributed by atoms with E-state index in [4.69, 9.17) is 5.11 Å². The second kappa shape index (κ2) is 5.99. The van der Waals surface area contributed by atoms with Crippen LogP contribution in [0.4, 0.5) is 11.6 Å². The van der Waals surface area contributed by atoms with Crippen LogP contribution in [0.15, 0.2) is 33.5 Å². The summed E-state index contributed by atoms with van der Waals surface area (Å²) in [7, 11) is 0. The molecule has 1 aromatic carbocycles. The number of aliphatic hydroxyl groups excluding tert-OH is 1. The maximum absolute atomic E-state index is 11.9. The number of aromatic amines is 1. The second-order valence-corrected chi connectivity index (χ2v) is 5.00. The van der Waals surface area contributed by atoms with E-state index < -0.39 is 0 Å². The van der Waals surface area contributed by atoms with Gasteiger partial charge in [0.15, 0.2) is 0 Å². The van der Waals surface area contributed by atoms with Gasteiger partial charge in [0.25, 0.3) is 5.56 Å². The predicted octanol–water partition coefficient (Wildman–Crippen LogP) is 2.12. The summed E-state index contributed by atoms with van der Waals surface area (Å²) in [5, 5.41) is 11.9. The minimum absolute atomic E-state index is 0.0655. The molecular weight excluding hydrogens is 310 g/mol. The van der Waals surface area contributed by atoms with Crippen molar-refractivity contribution in [3.8, 4) is 0 Å². The molecule has 0 bridgehead atoms. The summed E-state index contributed by atoms with van der Waals surface area (Å²) < 4.78 is 0.938. The number of hydrogen-bond donors (Lipinski definition) is 3. The van der Waals surface area contributed by atoms with Gasteiger partial charge in [0, 0.05) is 28.8 Å². The molecule has 100 valence electrons. The second-order valence-electron chi connectivity index (χ2n) is 4.09. The molecule has 0 fully saturated rings. The summed E-state index contributed by atoms with van der Waals surface area (Å²) in [5.74, 6) is 0.391. The van der Waals surface area contributed by atoms with E-state index in [1.165, 1.54) is 0 Å². The molecule has 0 spiro atoms. The molecule has 0 unspecified atom stereocenters. The van der Waals surface area contributed by atoms with Gasteiger partial charge in [-0.25, -0.2) is 4.98 Å². The Labute approximate surface area is 118 Å². The first-order valence-corrected chi connectivity index (χ1v) is 6.62. The molecule has 0 aliphatic rings. The fraction of sp³-hybridized carbons (Fsp3) is 0.231. The highest BCUT2D eigenvalue weighted by Crippen LogP contribution is 2.18. The monoisotopic (exact) mass is 323 g/mol. The average Bonchev–Trinajstić information content (AvgIpc) is 2.34. The minimum Gasteiger partial charge on any atom is -0.396 e. The number of H-pyrrole nitrogens is 1. The molecular formula is C13H14BrN3O2. The van der Waals surface area contributed by atoms with Crippen molar-refractivity contribution in [2.45, 2.75) is 13.3 Å². The number of rotatable bonds is 4. The van der Waals surface area contributed by atoms with E-state index in [2.05, 4.69) is 31.2 Å². The molecule has 0 radical (unpaired) electrons. The van der Waals surface area contributed by atoms with Gasteiger partial charge in [0.2, 0.25) is 5.95 Å². The molecule has 19 heavy (non-hydrogen) atoms. The van der Waals surface area contributed by atoms with E-state index in [1.54, 1.807) is 6.92 Å². The SMILES string of the molecule is Cc1nc(Nc2cccc(Br)c2)[nH]c(=O)c1CCO.